The van der Waals surface area contributed by atoms with Gasteiger partial charge in [-0.1, -0.05) is 24.3 Å². The van der Waals surface area contributed by atoms with E-state index in [-0.39, 0.29) is 29.2 Å². The SMILES string of the molecule is O=C(O)Cc1ccc(NC(=O)[C@@H]2C[C@]23CCOc2ccccc23)cc1F. The minimum Gasteiger partial charge on any atom is -0.493 e. The van der Waals surface area contributed by atoms with Crippen molar-refractivity contribution in [2.75, 3.05) is 11.9 Å². The van der Waals surface area contributed by atoms with Crippen LogP contribution in [-0.2, 0) is 21.4 Å². The smallest absolute Gasteiger partial charge is 0.307 e. The van der Waals surface area contributed by atoms with Crippen LogP contribution in [0.2, 0.25) is 0 Å². The number of rotatable bonds is 4. The lowest BCUT2D eigenvalue weighted by Crippen LogP contribution is -2.26. The zero-order chi connectivity index (χ0) is 18.3. The van der Waals surface area contributed by atoms with Gasteiger partial charge >= 0.3 is 5.97 Å². The van der Waals surface area contributed by atoms with E-state index in [0.717, 1.165) is 24.2 Å². The molecule has 1 saturated carbocycles. The molecule has 2 aliphatic rings. The molecule has 1 fully saturated rings. The van der Waals surface area contributed by atoms with Crippen LogP contribution in [0.1, 0.15) is 24.0 Å². The minimum atomic E-state index is -1.10. The first-order chi connectivity index (χ1) is 12.5. The van der Waals surface area contributed by atoms with Crippen LogP contribution in [0.3, 0.4) is 0 Å². The molecule has 134 valence electrons. The highest BCUT2D eigenvalue weighted by molar-refractivity contribution is 5.96. The molecule has 2 atom stereocenters. The number of carboxylic acid groups (broad SMARTS) is 1. The van der Waals surface area contributed by atoms with Crippen molar-refractivity contribution in [3.05, 3.63) is 59.4 Å². The summed E-state index contributed by atoms with van der Waals surface area (Å²) in [6.45, 7) is 0.583. The molecular weight excluding hydrogens is 337 g/mol. The molecule has 0 saturated heterocycles. The van der Waals surface area contributed by atoms with E-state index in [1.807, 2.05) is 24.3 Å². The molecule has 1 amide bonds. The van der Waals surface area contributed by atoms with Gasteiger partial charge in [-0.05, 0) is 36.6 Å². The van der Waals surface area contributed by atoms with E-state index < -0.39 is 11.8 Å². The third-order valence-corrected chi connectivity index (χ3v) is 5.28. The molecule has 26 heavy (non-hydrogen) atoms. The number of nitrogens with one attached hydrogen (secondary N) is 1. The molecule has 1 heterocycles. The Balaban J connectivity index is 1.49. The number of anilines is 1. The first-order valence-electron chi connectivity index (χ1n) is 8.53. The summed E-state index contributed by atoms with van der Waals surface area (Å²) in [5, 5.41) is 11.5. The van der Waals surface area contributed by atoms with Gasteiger partial charge in [0.2, 0.25) is 5.91 Å². The highest BCUT2D eigenvalue weighted by Crippen LogP contribution is 2.60. The van der Waals surface area contributed by atoms with Crippen LogP contribution in [0.5, 0.6) is 5.75 Å². The summed E-state index contributed by atoms with van der Waals surface area (Å²) in [6.07, 6.45) is 1.15. The van der Waals surface area contributed by atoms with Crippen LogP contribution < -0.4 is 10.1 Å². The highest BCUT2D eigenvalue weighted by atomic mass is 19.1. The maximum absolute atomic E-state index is 14.0. The second-order valence-electron chi connectivity index (χ2n) is 6.87. The third-order valence-electron chi connectivity index (χ3n) is 5.28. The number of carbonyl (C=O) groups is 2. The van der Waals surface area contributed by atoms with E-state index in [1.165, 1.54) is 18.2 Å². The lowest BCUT2D eigenvalue weighted by molar-refractivity contribution is -0.136. The summed E-state index contributed by atoms with van der Waals surface area (Å²) in [5.41, 5.74) is 1.30. The number of aliphatic carboxylic acids is 1. The van der Waals surface area contributed by atoms with Gasteiger partial charge in [0.25, 0.3) is 0 Å². The third kappa shape index (κ3) is 2.81. The van der Waals surface area contributed by atoms with Crippen molar-refractivity contribution in [2.24, 2.45) is 5.92 Å². The first kappa shape index (κ1) is 16.6. The van der Waals surface area contributed by atoms with Gasteiger partial charge in [0.1, 0.15) is 11.6 Å². The van der Waals surface area contributed by atoms with Gasteiger partial charge in [0.15, 0.2) is 0 Å². The van der Waals surface area contributed by atoms with Crippen molar-refractivity contribution >= 4 is 17.6 Å². The van der Waals surface area contributed by atoms with Crippen molar-refractivity contribution in [2.45, 2.75) is 24.7 Å². The van der Waals surface area contributed by atoms with Gasteiger partial charge < -0.3 is 15.2 Å². The van der Waals surface area contributed by atoms with Crippen LogP contribution in [0, 0.1) is 11.7 Å². The summed E-state index contributed by atoms with van der Waals surface area (Å²) < 4.78 is 19.7. The van der Waals surface area contributed by atoms with E-state index in [1.54, 1.807) is 0 Å². The molecule has 2 N–H and O–H groups in total. The second kappa shape index (κ2) is 6.12. The number of fused-ring (bicyclic) bond motifs is 2. The van der Waals surface area contributed by atoms with Crippen molar-refractivity contribution in [3.63, 3.8) is 0 Å². The lowest BCUT2D eigenvalue weighted by Gasteiger charge is -2.26. The van der Waals surface area contributed by atoms with E-state index >= 15 is 0 Å². The lowest BCUT2D eigenvalue weighted by atomic mass is 9.87. The predicted molar refractivity (Wildman–Crippen MR) is 92.7 cm³/mol. The topological polar surface area (TPSA) is 75.6 Å². The summed E-state index contributed by atoms with van der Waals surface area (Å²) in [6, 6.07) is 11.9. The Hall–Kier alpha value is -2.89. The number of hydrogen-bond donors (Lipinski definition) is 2. The number of carbonyl (C=O) groups excluding carboxylic acids is 1. The van der Waals surface area contributed by atoms with Crippen molar-refractivity contribution in [1.82, 2.24) is 0 Å². The Morgan fingerprint density at radius 2 is 2.08 bits per heavy atom. The predicted octanol–water partition coefficient (Wildman–Crippen LogP) is 3.13. The largest absolute Gasteiger partial charge is 0.493 e. The Labute approximate surface area is 149 Å². The fourth-order valence-electron chi connectivity index (χ4n) is 3.87. The maximum Gasteiger partial charge on any atom is 0.307 e. The van der Waals surface area contributed by atoms with Crippen LogP contribution in [0.15, 0.2) is 42.5 Å². The van der Waals surface area contributed by atoms with Crippen molar-refractivity contribution in [3.8, 4) is 5.75 Å². The molecule has 0 unspecified atom stereocenters. The molecule has 4 rings (SSSR count). The van der Waals surface area contributed by atoms with E-state index in [9.17, 15) is 14.0 Å². The van der Waals surface area contributed by atoms with Gasteiger partial charge in [-0.25, -0.2) is 4.39 Å². The Bertz CT molecular complexity index is 897. The van der Waals surface area contributed by atoms with Gasteiger partial charge in [-0.15, -0.1) is 0 Å². The molecule has 5 nitrogen and oxygen atoms in total. The first-order valence-corrected chi connectivity index (χ1v) is 8.53. The second-order valence-corrected chi connectivity index (χ2v) is 6.87. The molecule has 0 bridgehead atoms. The van der Waals surface area contributed by atoms with E-state index in [2.05, 4.69) is 5.32 Å². The number of halogens is 1. The fraction of sp³-hybridized carbons (Fsp3) is 0.300. The summed E-state index contributed by atoms with van der Waals surface area (Å²) in [4.78, 5) is 23.4. The highest BCUT2D eigenvalue weighted by Gasteiger charge is 2.60. The standard InChI is InChI=1S/C20H18FNO4/c21-16-10-13(6-5-12(16)9-18(23)24)22-19(25)15-11-20(15)7-8-26-17-4-2-1-3-14(17)20/h1-6,10,15H,7-9,11H2,(H,22,25)(H,23,24)/t15-,20-/m0/s1. The molecule has 0 radical (unpaired) electrons. The zero-order valence-corrected chi connectivity index (χ0v) is 14.0. The normalized spacial score (nSPS) is 23.0. The summed E-state index contributed by atoms with van der Waals surface area (Å²) in [7, 11) is 0. The van der Waals surface area contributed by atoms with Crippen LogP contribution in [0.4, 0.5) is 10.1 Å². The maximum atomic E-state index is 14.0. The van der Waals surface area contributed by atoms with Gasteiger partial charge in [0, 0.05) is 22.6 Å². The number of amides is 1. The van der Waals surface area contributed by atoms with Crippen molar-refractivity contribution in [1.29, 1.82) is 0 Å². The molecule has 6 heteroatoms. The quantitative estimate of drug-likeness (QED) is 0.884. The number of benzene rings is 2. The van der Waals surface area contributed by atoms with Crippen LogP contribution >= 0.6 is 0 Å². The minimum absolute atomic E-state index is 0.0942. The Kier molecular flexibility index (Phi) is 3.90. The molecule has 1 spiro atoms. The molecule has 1 aliphatic heterocycles. The fourth-order valence-corrected chi connectivity index (χ4v) is 3.87. The molecule has 2 aromatic rings. The van der Waals surface area contributed by atoms with Crippen molar-refractivity contribution < 1.29 is 23.8 Å². The molecule has 0 aromatic heterocycles. The average molecular weight is 355 g/mol. The van der Waals surface area contributed by atoms with Crippen LogP contribution in [0.25, 0.3) is 0 Å². The number of carboxylic acids is 1. The average Bonchev–Trinajstić information content (AvgIpc) is 3.32. The van der Waals surface area contributed by atoms with E-state index in [4.69, 9.17) is 9.84 Å². The molecule has 1 aliphatic carbocycles. The summed E-state index contributed by atoms with van der Waals surface area (Å²) in [5.74, 6) is -1.22. The monoisotopic (exact) mass is 355 g/mol. The van der Waals surface area contributed by atoms with E-state index in [0.29, 0.717) is 12.3 Å². The van der Waals surface area contributed by atoms with Gasteiger partial charge in [-0.3, -0.25) is 9.59 Å². The van der Waals surface area contributed by atoms with Gasteiger partial charge in [-0.2, -0.15) is 0 Å². The number of ether oxygens (including phenoxy) is 1. The molecular formula is C20H18FNO4. The Morgan fingerprint density at radius 3 is 2.85 bits per heavy atom. The zero-order valence-electron chi connectivity index (χ0n) is 14.0. The van der Waals surface area contributed by atoms with Crippen LogP contribution in [-0.4, -0.2) is 23.6 Å². The Morgan fingerprint density at radius 1 is 1.27 bits per heavy atom. The summed E-state index contributed by atoms with van der Waals surface area (Å²) >= 11 is 0. The number of hydrogen-bond acceptors (Lipinski definition) is 3. The number of para-hydroxylation sites is 1. The van der Waals surface area contributed by atoms with Gasteiger partial charge in [0.05, 0.1) is 13.0 Å². The molecule has 2 aromatic carbocycles.